The van der Waals surface area contributed by atoms with Crippen LogP contribution in [0.2, 0.25) is 0 Å². The predicted molar refractivity (Wildman–Crippen MR) is 111 cm³/mol. The first-order valence-electron chi connectivity index (χ1n) is 9.48. The third-order valence-corrected chi connectivity index (χ3v) is 5.25. The Balaban J connectivity index is 1.60. The molecule has 7 heteroatoms. The summed E-state index contributed by atoms with van der Waals surface area (Å²) in [4.78, 5) is 12.3. The first-order valence-corrected chi connectivity index (χ1v) is 9.48. The summed E-state index contributed by atoms with van der Waals surface area (Å²) in [5, 5.41) is 8.61. The summed E-state index contributed by atoms with van der Waals surface area (Å²) in [6.07, 6.45) is 4.17. The number of nitrogens with zero attached hydrogens (tertiary/aromatic N) is 5. The zero-order chi connectivity index (χ0) is 20.0. The highest BCUT2D eigenvalue weighted by Gasteiger charge is 2.33. The number of aromatic nitrogens is 5. The number of nitrogens with one attached hydrogen (secondary N) is 1. The Morgan fingerprint density at radius 3 is 2.86 bits per heavy atom. The Labute approximate surface area is 168 Å². The lowest BCUT2D eigenvalue weighted by atomic mass is 10.1. The molecule has 0 saturated carbocycles. The van der Waals surface area contributed by atoms with E-state index in [1.807, 2.05) is 24.3 Å². The van der Waals surface area contributed by atoms with Crippen molar-refractivity contribution in [3.05, 3.63) is 72.3 Å². The number of hydrogen-bond donors (Lipinski definition) is 1. The molecule has 1 aliphatic rings. The van der Waals surface area contributed by atoms with Gasteiger partial charge in [-0.15, -0.1) is 4.80 Å². The molecular weight excluding hydrogens is 364 g/mol. The lowest BCUT2D eigenvalue weighted by Gasteiger charge is -2.27. The van der Waals surface area contributed by atoms with Crippen LogP contribution in [-0.2, 0) is 0 Å². The molecule has 1 saturated heterocycles. The van der Waals surface area contributed by atoms with E-state index in [4.69, 9.17) is 9.72 Å². The topological polar surface area (TPSA) is 71.9 Å². The van der Waals surface area contributed by atoms with Gasteiger partial charge in [0.2, 0.25) is 0 Å². The normalized spacial score (nSPS) is 16.7. The SMILES string of the molecule is C=C1C[C@@H](c2nc3cc(OC)ccc3[nH]2)N(c2cc(C)c[c]c2-n2nccn2)C1. The zero-order valence-corrected chi connectivity index (χ0v) is 16.4. The molecule has 0 unspecified atom stereocenters. The van der Waals surface area contributed by atoms with E-state index in [-0.39, 0.29) is 6.04 Å². The van der Waals surface area contributed by atoms with Crippen LogP contribution in [0.1, 0.15) is 23.9 Å². The predicted octanol–water partition coefficient (Wildman–Crippen LogP) is 3.77. The molecular formula is C22H21N6O. The van der Waals surface area contributed by atoms with Gasteiger partial charge in [-0.1, -0.05) is 12.2 Å². The zero-order valence-electron chi connectivity index (χ0n) is 16.4. The minimum absolute atomic E-state index is 0.0467. The van der Waals surface area contributed by atoms with Crippen LogP contribution < -0.4 is 9.64 Å². The van der Waals surface area contributed by atoms with E-state index in [2.05, 4.69) is 45.7 Å². The summed E-state index contributed by atoms with van der Waals surface area (Å²) in [5.74, 6) is 1.70. The van der Waals surface area contributed by atoms with E-state index in [1.165, 1.54) is 0 Å². The maximum atomic E-state index is 5.34. The van der Waals surface area contributed by atoms with Crippen molar-refractivity contribution in [3.8, 4) is 11.4 Å². The van der Waals surface area contributed by atoms with Crippen molar-refractivity contribution in [1.82, 2.24) is 25.0 Å². The fourth-order valence-electron chi connectivity index (χ4n) is 3.88. The molecule has 1 fully saturated rings. The molecule has 0 bridgehead atoms. The van der Waals surface area contributed by atoms with Crippen molar-refractivity contribution >= 4 is 16.7 Å². The molecule has 1 N–H and O–H groups in total. The number of fused-ring (bicyclic) bond motifs is 1. The summed E-state index contributed by atoms with van der Waals surface area (Å²) in [6, 6.07) is 13.4. The lowest BCUT2D eigenvalue weighted by Crippen LogP contribution is -2.25. The van der Waals surface area contributed by atoms with Crippen LogP contribution in [0.5, 0.6) is 5.75 Å². The minimum atomic E-state index is 0.0467. The minimum Gasteiger partial charge on any atom is -0.497 e. The third kappa shape index (κ3) is 3.04. The van der Waals surface area contributed by atoms with Gasteiger partial charge < -0.3 is 14.6 Å². The molecule has 145 valence electrons. The van der Waals surface area contributed by atoms with Crippen LogP contribution in [0.4, 0.5) is 5.69 Å². The van der Waals surface area contributed by atoms with Crippen LogP contribution in [0, 0.1) is 13.0 Å². The van der Waals surface area contributed by atoms with E-state index in [1.54, 1.807) is 24.3 Å². The molecule has 0 amide bonds. The van der Waals surface area contributed by atoms with Crippen molar-refractivity contribution in [3.63, 3.8) is 0 Å². The van der Waals surface area contributed by atoms with E-state index >= 15 is 0 Å². The number of rotatable bonds is 4. The number of ether oxygens (including phenoxy) is 1. The first-order chi connectivity index (χ1) is 14.1. The van der Waals surface area contributed by atoms with Crippen LogP contribution in [0.3, 0.4) is 0 Å². The number of anilines is 1. The lowest BCUT2D eigenvalue weighted by molar-refractivity contribution is 0.415. The van der Waals surface area contributed by atoms with E-state index in [9.17, 15) is 0 Å². The Kier molecular flexibility index (Phi) is 4.08. The monoisotopic (exact) mass is 385 g/mol. The van der Waals surface area contributed by atoms with Gasteiger partial charge in [0.15, 0.2) is 0 Å². The molecule has 29 heavy (non-hydrogen) atoms. The van der Waals surface area contributed by atoms with Crippen LogP contribution in [0.25, 0.3) is 16.7 Å². The summed E-state index contributed by atoms with van der Waals surface area (Å²) in [5.41, 5.74) is 6.00. The second-order valence-electron chi connectivity index (χ2n) is 7.33. The van der Waals surface area contributed by atoms with Gasteiger partial charge >= 0.3 is 0 Å². The highest BCUT2D eigenvalue weighted by molar-refractivity contribution is 5.77. The number of aromatic amines is 1. The van der Waals surface area contributed by atoms with Gasteiger partial charge in [-0.05, 0) is 43.2 Å². The maximum absolute atomic E-state index is 5.34. The van der Waals surface area contributed by atoms with Gasteiger partial charge in [-0.2, -0.15) is 10.2 Å². The largest absolute Gasteiger partial charge is 0.497 e. The third-order valence-electron chi connectivity index (χ3n) is 5.25. The fraction of sp³-hybridized carbons (Fsp3) is 0.227. The Morgan fingerprint density at radius 1 is 1.24 bits per heavy atom. The first kappa shape index (κ1) is 17.5. The molecule has 2 aromatic heterocycles. The second-order valence-corrected chi connectivity index (χ2v) is 7.33. The highest BCUT2D eigenvalue weighted by atomic mass is 16.5. The summed E-state index contributed by atoms with van der Waals surface area (Å²) >= 11 is 0. The number of methoxy groups -OCH3 is 1. The van der Waals surface area contributed by atoms with Crippen molar-refractivity contribution in [2.24, 2.45) is 0 Å². The Morgan fingerprint density at radius 2 is 2.07 bits per heavy atom. The van der Waals surface area contributed by atoms with Crippen molar-refractivity contribution in [2.45, 2.75) is 19.4 Å². The number of benzene rings is 2. The molecule has 4 aromatic rings. The van der Waals surface area contributed by atoms with Crippen molar-refractivity contribution < 1.29 is 4.74 Å². The summed E-state index contributed by atoms with van der Waals surface area (Å²) in [7, 11) is 1.66. The van der Waals surface area contributed by atoms with Crippen LogP contribution >= 0.6 is 0 Å². The number of aryl methyl sites for hydroxylation is 1. The molecule has 3 heterocycles. The van der Waals surface area contributed by atoms with E-state index < -0.39 is 0 Å². The van der Waals surface area contributed by atoms with Gasteiger partial charge in [0.05, 0.1) is 42.3 Å². The second kappa shape index (κ2) is 6.77. The van der Waals surface area contributed by atoms with Crippen LogP contribution in [0.15, 0.2) is 54.9 Å². The maximum Gasteiger partial charge on any atom is 0.130 e. The molecule has 2 aromatic carbocycles. The fourth-order valence-corrected chi connectivity index (χ4v) is 3.88. The van der Waals surface area contributed by atoms with Gasteiger partial charge in [0.1, 0.15) is 17.3 Å². The number of imidazole rings is 1. The standard InChI is InChI=1S/C22H21N6O/c1-14-4-7-19(28-23-8-9-24-28)20(10-14)27-13-15(2)11-21(27)22-25-17-6-5-16(29-3)12-18(17)26-22/h4-6,8-10,12,21H,2,11,13H2,1,3H3,(H,25,26)/t21-/m0/s1. The molecule has 0 aliphatic carbocycles. The Hall–Kier alpha value is -3.61. The molecule has 5 rings (SSSR count). The van der Waals surface area contributed by atoms with E-state index in [0.717, 1.165) is 58.1 Å². The molecule has 0 spiro atoms. The quantitative estimate of drug-likeness (QED) is 0.542. The molecule has 1 atom stereocenters. The average Bonchev–Trinajstić information content (AvgIpc) is 3.46. The van der Waals surface area contributed by atoms with Gasteiger partial charge in [0.25, 0.3) is 0 Å². The van der Waals surface area contributed by atoms with Crippen molar-refractivity contribution in [2.75, 3.05) is 18.6 Å². The van der Waals surface area contributed by atoms with Gasteiger partial charge in [0, 0.05) is 18.7 Å². The highest BCUT2D eigenvalue weighted by Crippen LogP contribution is 2.40. The van der Waals surface area contributed by atoms with Gasteiger partial charge in [-0.3, -0.25) is 0 Å². The molecule has 1 radical (unpaired) electrons. The van der Waals surface area contributed by atoms with Gasteiger partial charge in [-0.25, -0.2) is 4.98 Å². The molecule has 7 nitrogen and oxygen atoms in total. The molecule has 1 aliphatic heterocycles. The summed E-state index contributed by atoms with van der Waals surface area (Å²) < 4.78 is 5.34. The Bertz CT molecular complexity index is 1190. The van der Waals surface area contributed by atoms with Crippen LogP contribution in [-0.4, -0.2) is 38.6 Å². The average molecular weight is 385 g/mol. The van der Waals surface area contributed by atoms with Crippen molar-refractivity contribution in [1.29, 1.82) is 0 Å². The van der Waals surface area contributed by atoms with E-state index in [0.29, 0.717) is 0 Å². The number of H-pyrrole nitrogens is 1. The number of hydrogen-bond acceptors (Lipinski definition) is 5. The smallest absolute Gasteiger partial charge is 0.130 e. The summed E-state index contributed by atoms with van der Waals surface area (Å²) in [6.45, 7) is 7.06.